The van der Waals surface area contributed by atoms with Gasteiger partial charge in [0.25, 0.3) is 0 Å². The Morgan fingerprint density at radius 2 is 1.81 bits per heavy atom. The number of aryl methyl sites for hydroxylation is 1. The van der Waals surface area contributed by atoms with Crippen LogP contribution in [-0.2, 0) is 9.59 Å². The molecule has 1 saturated carbocycles. The first-order chi connectivity index (χ1) is 9.67. The summed E-state index contributed by atoms with van der Waals surface area (Å²) in [7, 11) is 0. The van der Waals surface area contributed by atoms with Crippen LogP contribution in [0.3, 0.4) is 0 Å². The van der Waals surface area contributed by atoms with Gasteiger partial charge in [0.1, 0.15) is 0 Å². The predicted octanol–water partition coefficient (Wildman–Crippen LogP) is 3.25. The third-order valence-corrected chi connectivity index (χ3v) is 4.28. The van der Waals surface area contributed by atoms with Crippen molar-refractivity contribution in [1.82, 2.24) is 5.32 Å². The first-order valence-electron chi connectivity index (χ1n) is 7.06. The van der Waals surface area contributed by atoms with E-state index in [2.05, 4.69) is 26.6 Å². The molecule has 5 heteroatoms. The molecule has 2 rings (SSSR count). The van der Waals surface area contributed by atoms with Crippen molar-refractivity contribution in [3.05, 3.63) is 28.2 Å². The first kappa shape index (κ1) is 16.0. The molecule has 2 amide bonds. The van der Waals surface area contributed by atoms with Crippen LogP contribution in [0, 0.1) is 18.8 Å². The van der Waals surface area contributed by atoms with E-state index in [0.29, 0.717) is 6.42 Å². The Kier molecular flexibility index (Phi) is 4.42. The van der Waals surface area contributed by atoms with E-state index in [1.807, 2.05) is 45.9 Å². The van der Waals surface area contributed by atoms with E-state index in [1.54, 1.807) is 0 Å². The Morgan fingerprint density at radius 3 is 2.38 bits per heavy atom. The molecule has 0 bridgehead atoms. The van der Waals surface area contributed by atoms with Gasteiger partial charge in [0, 0.05) is 15.7 Å². The van der Waals surface area contributed by atoms with E-state index < -0.39 is 0 Å². The monoisotopic (exact) mass is 352 g/mol. The average Bonchev–Trinajstić information content (AvgIpc) is 3.12. The highest BCUT2D eigenvalue weighted by Gasteiger charge is 2.48. The molecule has 0 radical (unpaired) electrons. The number of halogens is 1. The standard InChI is InChI=1S/C16H21BrN2O2/c1-9-7-10(5-6-13(9)17)18-14(20)11-8-12(11)15(21)19-16(2,3)4/h5-7,11-12H,8H2,1-4H3,(H,18,20)(H,19,21). The number of carbonyl (C=O) groups excluding carboxylic acids is 2. The van der Waals surface area contributed by atoms with Crippen LogP contribution in [0.15, 0.2) is 22.7 Å². The van der Waals surface area contributed by atoms with Crippen molar-refractivity contribution >= 4 is 33.4 Å². The molecule has 2 N–H and O–H groups in total. The minimum Gasteiger partial charge on any atom is -0.351 e. The Labute approximate surface area is 133 Å². The Balaban J connectivity index is 1.91. The van der Waals surface area contributed by atoms with Gasteiger partial charge in [-0.3, -0.25) is 9.59 Å². The Hall–Kier alpha value is -1.36. The van der Waals surface area contributed by atoms with E-state index in [9.17, 15) is 9.59 Å². The summed E-state index contributed by atoms with van der Waals surface area (Å²) in [6, 6.07) is 5.66. The van der Waals surface area contributed by atoms with Gasteiger partial charge < -0.3 is 10.6 Å². The molecule has 1 fully saturated rings. The zero-order valence-corrected chi connectivity index (χ0v) is 14.4. The van der Waals surface area contributed by atoms with Crippen LogP contribution in [0.25, 0.3) is 0 Å². The van der Waals surface area contributed by atoms with Gasteiger partial charge in [-0.15, -0.1) is 0 Å². The van der Waals surface area contributed by atoms with E-state index in [1.165, 1.54) is 0 Å². The van der Waals surface area contributed by atoms with Crippen LogP contribution >= 0.6 is 15.9 Å². The topological polar surface area (TPSA) is 58.2 Å². The van der Waals surface area contributed by atoms with Crippen LogP contribution in [0.4, 0.5) is 5.69 Å². The quantitative estimate of drug-likeness (QED) is 0.877. The molecule has 2 atom stereocenters. The number of benzene rings is 1. The molecule has 1 aromatic carbocycles. The van der Waals surface area contributed by atoms with Gasteiger partial charge in [0.15, 0.2) is 0 Å². The van der Waals surface area contributed by atoms with Crippen molar-refractivity contribution in [2.75, 3.05) is 5.32 Å². The maximum atomic E-state index is 12.1. The molecular formula is C16H21BrN2O2. The number of nitrogens with one attached hydrogen (secondary N) is 2. The fourth-order valence-electron chi connectivity index (χ4n) is 2.19. The molecule has 1 aliphatic carbocycles. The molecule has 4 nitrogen and oxygen atoms in total. The molecule has 0 aliphatic heterocycles. The van der Waals surface area contributed by atoms with Crippen molar-refractivity contribution in [2.24, 2.45) is 11.8 Å². The molecule has 21 heavy (non-hydrogen) atoms. The summed E-state index contributed by atoms with van der Waals surface area (Å²) in [6.07, 6.45) is 0.628. The van der Waals surface area contributed by atoms with Crippen LogP contribution < -0.4 is 10.6 Å². The lowest BCUT2D eigenvalue weighted by molar-refractivity contribution is -0.126. The van der Waals surface area contributed by atoms with E-state index >= 15 is 0 Å². The molecular weight excluding hydrogens is 332 g/mol. The second kappa shape index (κ2) is 5.79. The summed E-state index contributed by atoms with van der Waals surface area (Å²) in [5, 5.41) is 5.80. The summed E-state index contributed by atoms with van der Waals surface area (Å²) in [4.78, 5) is 24.1. The molecule has 0 spiro atoms. The highest BCUT2D eigenvalue weighted by atomic mass is 79.9. The van der Waals surface area contributed by atoms with Crippen molar-refractivity contribution in [3.63, 3.8) is 0 Å². The second-order valence-corrected chi connectivity index (χ2v) is 7.50. The van der Waals surface area contributed by atoms with Crippen LogP contribution in [-0.4, -0.2) is 17.4 Å². The molecule has 0 heterocycles. The summed E-state index contributed by atoms with van der Waals surface area (Å²) in [5.41, 5.74) is 1.57. The van der Waals surface area contributed by atoms with Crippen LogP contribution in [0.5, 0.6) is 0 Å². The number of hydrogen-bond donors (Lipinski definition) is 2. The number of carbonyl (C=O) groups is 2. The summed E-state index contributed by atoms with van der Waals surface area (Å²) in [6.45, 7) is 7.78. The zero-order chi connectivity index (χ0) is 15.8. The number of amides is 2. The SMILES string of the molecule is Cc1cc(NC(=O)C2CC2C(=O)NC(C)(C)C)ccc1Br. The average molecular weight is 353 g/mol. The third-order valence-electron chi connectivity index (χ3n) is 3.39. The van der Waals surface area contributed by atoms with Gasteiger partial charge in [-0.25, -0.2) is 0 Å². The molecule has 1 aliphatic rings. The van der Waals surface area contributed by atoms with Gasteiger partial charge in [-0.1, -0.05) is 15.9 Å². The summed E-state index contributed by atoms with van der Waals surface area (Å²) >= 11 is 3.43. The fourth-order valence-corrected chi connectivity index (χ4v) is 2.44. The zero-order valence-electron chi connectivity index (χ0n) is 12.8. The molecule has 1 aromatic rings. The van der Waals surface area contributed by atoms with Gasteiger partial charge in [-0.2, -0.15) is 0 Å². The minimum atomic E-state index is -0.260. The maximum absolute atomic E-state index is 12.1. The fraction of sp³-hybridized carbons (Fsp3) is 0.500. The van der Waals surface area contributed by atoms with Gasteiger partial charge in [-0.05, 0) is 57.9 Å². The predicted molar refractivity (Wildman–Crippen MR) is 87.0 cm³/mol. The summed E-state index contributed by atoms with van der Waals surface area (Å²) < 4.78 is 1.01. The van der Waals surface area contributed by atoms with Gasteiger partial charge in [0.2, 0.25) is 11.8 Å². The maximum Gasteiger partial charge on any atom is 0.228 e. The third kappa shape index (κ3) is 4.30. The van der Waals surface area contributed by atoms with Gasteiger partial charge >= 0.3 is 0 Å². The minimum absolute atomic E-state index is 0.0327. The largest absolute Gasteiger partial charge is 0.351 e. The van der Waals surface area contributed by atoms with Crippen molar-refractivity contribution in [3.8, 4) is 0 Å². The van der Waals surface area contributed by atoms with E-state index in [-0.39, 0.29) is 29.2 Å². The molecule has 114 valence electrons. The smallest absolute Gasteiger partial charge is 0.228 e. The lowest BCUT2D eigenvalue weighted by Gasteiger charge is -2.20. The highest BCUT2D eigenvalue weighted by Crippen LogP contribution is 2.40. The van der Waals surface area contributed by atoms with Crippen LogP contribution in [0.1, 0.15) is 32.8 Å². The van der Waals surface area contributed by atoms with E-state index in [0.717, 1.165) is 15.7 Å². The molecule has 2 unspecified atom stereocenters. The van der Waals surface area contributed by atoms with Crippen molar-refractivity contribution < 1.29 is 9.59 Å². The molecule has 0 saturated heterocycles. The number of rotatable bonds is 3. The van der Waals surface area contributed by atoms with E-state index in [4.69, 9.17) is 0 Å². The Bertz CT molecular complexity index is 578. The number of anilines is 1. The van der Waals surface area contributed by atoms with Crippen molar-refractivity contribution in [1.29, 1.82) is 0 Å². The van der Waals surface area contributed by atoms with Crippen molar-refractivity contribution in [2.45, 2.75) is 39.7 Å². The lowest BCUT2D eigenvalue weighted by Crippen LogP contribution is -2.42. The lowest BCUT2D eigenvalue weighted by atomic mass is 10.1. The normalized spacial score (nSPS) is 20.8. The van der Waals surface area contributed by atoms with Gasteiger partial charge in [0.05, 0.1) is 11.8 Å². The highest BCUT2D eigenvalue weighted by molar-refractivity contribution is 9.10. The Morgan fingerprint density at radius 1 is 1.19 bits per heavy atom. The first-order valence-corrected chi connectivity index (χ1v) is 7.86. The van der Waals surface area contributed by atoms with Crippen LogP contribution in [0.2, 0.25) is 0 Å². The second-order valence-electron chi connectivity index (χ2n) is 6.64. The number of hydrogen-bond acceptors (Lipinski definition) is 2. The molecule has 0 aromatic heterocycles. The summed E-state index contributed by atoms with van der Waals surface area (Å²) in [5.74, 6) is -0.516.